The Labute approximate surface area is 116 Å². The van der Waals surface area contributed by atoms with Crippen LogP contribution in [0.5, 0.6) is 0 Å². The molecule has 0 saturated carbocycles. The fraction of sp³-hybridized carbons (Fsp3) is 0.143. The predicted octanol–water partition coefficient (Wildman–Crippen LogP) is 3.36. The molecule has 1 unspecified atom stereocenters. The van der Waals surface area contributed by atoms with Crippen molar-refractivity contribution >= 4 is 23.1 Å². The van der Waals surface area contributed by atoms with E-state index in [4.69, 9.17) is 22.6 Å². The van der Waals surface area contributed by atoms with Gasteiger partial charge in [0.05, 0.1) is 17.3 Å². The van der Waals surface area contributed by atoms with Crippen molar-refractivity contribution in [2.75, 3.05) is 11.1 Å². The summed E-state index contributed by atoms with van der Waals surface area (Å²) in [6, 6.07) is 11.1. The van der Waals surface area contributed by atoms with Crippen LogP contribution in [0.3, 0.4) is 0 Å². The van der Waals surface area contributed by atoms with Gasteiger partial charge in [-0.05, 0) is 24.6 Å². The molecule has 1 aromatic heterocycles. The monoisotopic (exact) mass is 272 g/mol. The first-order chi connectivity index (χ1) is 9.11. The van der Waals surface area contributed by atoms with Crippen molar-refractivity contribution in [3.63, 3.8) is 0 Å². The van der Waals surface area contributed by atoms with Crippen molar-refractivity contribution in [1.29, 1.82) is 5.26 Å². The van der Waals surface area contributed by atoms with Crippen LogP contribution in [-0.2, 0) is 0 Å². The number of nitriles is 1. The number of anilines is 2. The average Bonchev–Trinajstić information content (AvgIpc) is 2.41. The molecular formula is C14H13ClN4. The molecule has 5 heteroatoms. The van der Waals surface area contributed by atoms with E-state index in [-0.39, 0.29) is 6.04 Å². The topological polar surface area (TPSA) is 74.7 Å². The Morgan fingerprint density at radius 1 is 1.42 bits per heavy atom. The molecule has 2 rings (SSSR count). The Morgan fingerprint density at radius 3 is 2.79 bits per heavy atom. The van der Waals surface area contributed by atoms with Gasteiger partial charge in [0.1, 0.15) is 11.9 Å². The number of benzene rings is 1. The summed E-state index contributed by atoms with van der Waals surface area (Å²) in [6.45, 7) is 1.97. The highest BCUT2D eigenvalue weighted by atomic mass is 35.5. The smallest absolute Gasteiger partial charge is 0.149 e. The highest BCUT2D eigenvalue weighted by molar-refractivity contribution is 6.31. The molecule has 2 aromatic rings. The van der Waals surface area contributed by atoms with Crippen LogP contribution in [0.4, 0.5) is 11.5 Å². The Balaban J connectivity index is 2.22. The molecule has 96 valence electrons. The SMILES string of the molecule is CC(Nc1ncc(C#N)cc1N)c1ccccc1Cl. The third-order valence-electron chi connectivity index (χ3n) is 2.77. The number of rotatable bonds is 3. The van der Waals surface area contributed by atoms with E-state index in [1.807, 2.05) is 37.3 Å². The lowest BCUT2D eigenvalue weighted by molar-refractivity contribution is 0.876. The minimum absolute atomic E-state index is 0.0311. The van der Waals surface area contributed by atoms with Crippen LogP contribution < -0.4 is 11.1 Å². The molecule has 0 amide bonds. The third-order valence-corrected chi connectivity index (χ3v) is 3.12. The van der Waals surface area contributed by atoms with Crippen LogP contribution in [-0.4, -0.2) is 4.98 Å². The average molecular weight is 273 g/mol. The van der Waals surface area contributed by atoms with E-state index in [0.717, 1.165) is 5.56 Å². The number of hydrogen-bond acceptors (Lipinski definition) is 4. The molecule has 0 aliphatic rings. The van der Waals surface area contributed by atoms with E-state index in [0.29, 0.717) is 22.1 Å². The summed E-state index contributed by atoms with van der Waals surface area (Å²) < 4.78 is 0. The van der Waals surface area contributed by atoms with Gasteiger partial charge in [-0.15, -0.1) is 0 Å². The number of hydrogen-bond donors (Lipinski definition) is 2. The first-order valence-corrected chi connectivity index (χ1v) is 6.16. The number of halogens is 1. The lowest BCUT2D eigenvalue weighted by Gasteiger charge is -2.17. The summed E-state index contributed by atoms with van der Waals surface area (Å²) in [6.07, 6.45) is 1.48. The highest BCUT2D eigenvalue weighted by Crippen LogP contribution is 2.27. The molecule has 0 radical (unpaired) electrons. The molecule has 0 aliphatic carbocycles. The van der Waals surface area contributed by atoms with Crippen LogP contribution in [0, 0.1) is 11.3 Å². The first-order valence-electron chi connectivity index (χ1n) is 5.78. The van der Waals surface area contributed by atoms with Gasteiger partial charge in [-0.1, -0.05) is 29.8 Å². The fourth-order valence-corrected chi connectivity index (χ4v) is 2.07. The molecule has 4 nitrogen and oxygen atoms in total. The number of nitrogen functional groups attached to an aromatic ring is 1. The van der Waals surface area contributed by atoms with Crippen molar-refractivity contribution in [2.24, 2.45) is 0 Å². The van der Waals surface area contributed by atoms with Gasteiger partial charge in [0.25, 0.3) is 0 Å². The van der Waals surface area contributed by atoms with Crippen LogP contribution in [0.1, 0.15) is 24.1 Å². The quantitative estimate of drug-likeness (QED) is 0.898. The van der Waals surface area contributed by atoms with Crippen molar-refractivity contribution in [1.82, 2.24) is 4.98 Å². The minimum Gasteiger partial charge on any atom is -0.396 e. The fourth-order valence-electron chi connectivity index (χ4n) is 1.77. The van der Waals surface area contributed by atoms with E-state index in [2.05, 4.69) is 10.3 Å². The summed E-state index contributed by atoms with van der Waals surface area (Å²) in [5.41, 5.74) is 7.70. The van der Waals surface area contributed by atoms with E-state index in [1.54, 1.807) is 6.07 Å². The van der Waals surface area contributed by atoms with Gasteiger partial charge >= 0.3 is 0 Å². The molecule has 0 fully saturated rings. The maximum absolute atomic E-state index is 8.77. The molecule has 19 heavy (non-hydrogen) atoms. The number of pyridine rings is 1. The number of aromatic nitrogens is 1. The summed E-state index contributed by atoms with van der Waals surface area (Å²) in [4.78, 5) is 4.14. The van der Waals surface area contributed by atoms with Crippen molar-refractivity contribution in [3.05, 3.63) is 52.7 Å². The zero-order chi connectivity index (χ0) is 13.8. The molecule has 1 heterocycles. The Hall–Kier alpha value is -2.25. The lowest BCUT2D eigenvalue weighted by atomic mass is 10.1. The molecule has 1 aromatic carbocycles. The van der Waals surface area contributed by atoms with Gasteiger partial charge in [-0.2, -0.15) is 5.26 Å². The molecule has 0 saturated heterocycles. The minimum atomic E-state index is -0.0311. The van der Waals surface area contributed by atoms with Crippen LogP contribution >= 0.6 is 11.6 Å². The van der Waals surface area contributed by atoms with E-state index < -0.39 is 0 Å². The van der Waals surface area contributed by atoms with Crippen molar-refractivity contribution in [3.8, 4) is 6.07 Å². The number of nitrogens with zero attached hydrogens (tertiary/aromatic N) is 2. The largest absolute Gasteiger partial charge is 0.396 e. The molecular weight excluding hydrogens is 260 g/mol. The second-order valence-electron chi connectivity index (χ2n) is 4.16. The normalized spacial score (nSPS) is 11.6. The van der Waals surface area contributed by atoms with E-state index in [9.17, 15) is 0 Å². The van der Waals surface area contributed by atoms with Gasteiger partial charge < -0.3 is 11.1 Å². The third kappa shape index (κ3) is 2.95. The summed E-state index contributed by atoms with van der Waals surface area (Å²) >= 11 is 6.14. The van der Waals surface area contributed by atoms with Gasteiger partial charge in [0.2, 0.25) is 0 Å². The zero-order valence-corrected chi connectivity index (χ0v) is 11.1. The molecule has 0 aliphatic heterocycles. The second-order valence-corrected chi connectivity index (χ2v) is 4.57. The maximum Gasteiger partial charge on any atom is 0.149 e. The van der Waals surface area contributed by atoms with Crippen molar-refractivity contribution in [2.45, 2.75) is 13.0 Å². The van der Waals surface area contributed by atoms with E-state index >= 15 is 0 Å². The number of nitrogens with two attached hydrogens (primary N) is 1. The standard InChI is InChI=1S/C14H13ClN4/c1-9(11-4-2-3-5-12(11)15)19-14-13(17)6-10(7-16)8-18-14/h2-6,8-9H,17H2,1H3,(H,18,19). The zero-order valence-electron chi connectivity index (χ0n) is 10.4. The number of nitrogens with one attached hydrogen (secondary N) is 1. The molecule has 1 atom stereocenters. The molecule has 0 spiro atoms. The van der Waals surface area contributed by atoms with E-state index in [1.165, 1.54) is 6.20 Å². The predicted molar refractivity (Wildman–Crippen MR) is 76.9 cm³/mol. The van der Waals surface area contributed by atoms with Crippen LogP contribution in [0.15, 0.2) is 36.5 Å². The van der Waals surface area contributed by atoms with Gasteiger partial charge in [0.15, 0.2) is 0 Å². The molecule has 3 N–H and O–H groups in total. The van der Waals surface area contributed by atoms with Crippen molar-refractivity contribution < 1.29 is 0 Å². The lowest BCUT2D eigenvalue weighted by Crippen LogP contribution is -2.10. The first kappa shape index (κ1) is 13.2. The summed E-state index contributed by atoms with van der Waals surface area (Å²) in [7, 11) is 0. The van der Waals surface area contributed by atoms with Crippen LogP contribution in [0.25, 0.3) is 0 Å². The Kier molecular flexibility index (Phi) is 3.88. The van der Waals surface area contributed by atoms with Crippen LogP contribution in [0.2, 0.25) is 5.02 Å². The van der Waals surface area contributed by atoms with Gasteiger partial charge in [-0.25, -0.2) is 4.98 Å². The Morgan fingerprint density at radius 2 is 2.16 bits per heavy atom. The second kappa shape index (κ2) is 5.59. The van der Waals surface area contributed by atoms with Gasteiger partial charge in [0, 0.05) is 11.2 Å². The highest BCUT2D eigenvalue weighted by Gasteiger charge is 2.11. The van der Waals surface area contributed by atoms with Gasteiger partial charge in [-0.3, -0.25) is 0 Å². The Bertz CT molecular complexity index is 634. The molecule has 0 bridgehead atoms. The summed E-state index contributed by atoms with van der Waals surface area (Å²) in [5, 5.41) is 12.6. The maximum atomic E-state index is 8.77. The summed E-state index contributed by atoms with van der Waals surface area (Å²) in [5.74, 6) is 0.548.